The minimum absolute atomic E-state index is 0.359. The fourth-order valence-electron chi connectivity index (χ4n) is 8.89. The third kappa shape index (κ3) is 5.27. The van der Waals surface area contributed by atoms with Crippen molar-refractivity contribution in [1.29, 1.82) is 0 Å². The van der Waals surface area contributed by atoms with Gasteiger partial charge in [-0.3, -0.25) is 0 Å². The van der Waals surface area contributed by atoms with Gasteiger partial charge in [0, 0.05) is 16.5 Å². The monoisotopic (exact) mass is 806 g/mol. The van der Waals surface area contributed by atoms with E-state index in [1.165, 1.54) is 63.4 Å². The summed E-state index contributed by atoms with van der Waals surface area (Å²) in [6, 6.07) is 74.8. The van der Waals surface area contributed by atoms with E-state index < -0.39 is 0 Å². The molecule has 12 aromatic rings. The quantitative estimate of drug-likeness (QED) is 0.156. The van der Waals surface area contributed by atoms with Gasteiger partial charge >= 0.3 is 186 Å². The molecule has 0 atom stereocenters. The Labute approximate surface area is 341 Å². The van der Waals surface area contributed by atoms with E-state index in [0.29, 0.717) is 14.5 Å². The molecule has 12 rings (SSSR count). The molecule has 3 aromatic heterocycles. The zero-order valence-electron chi connectivity index (χ0n) is 31.3. The first kappa shape index (κ1) is 33.1. The van der Waals surface area contributed by atoms with Gasteiger partial charge in [-0.1, -0.05) is 60.7 Å². The van der Waals surface area contributed by atoms with Crippen LogP contribution in [0, 0.1) is 0 Å². The fourth-order valence-corrected chi connectivity index (χ4v) is 11.2. The summed E-state index contributed by atoms with van der Waals surface area (Å²) < 4.78 is 11.7. The summed E-state index contributed by atoms with van der Waals surface area (Å²) in [7, 11) is 0. The van der Waals surface area contributed by atoms with Crippen LogP contribution < -0.4 is 4.90 Å². The van der Waals surface area contributed by atoms with E-state index in [4.69, 9.17) is 4.42 Å². The van der Waals surface area contributed by atoms with Crippen molar-refractivity contribution >= 4 is 94.6 Å². The van der Waals surface area contributed by atoms with Gasteiger partial charge in [0.1, 0.15) is 5.58 Å². The van der Waals surface area contributed by atoms with Crippen molar-refractivity contribution in [2.24, 2.45) is 0 Å². The van der Waals surface area contributed by atoms with Gasteiger partial charge in [0.15, 0.2) is 0 Å². The molecule has 58 heavy (non-hydrogen) atoms. The minimum atomic E-state index is 0.359. The van der Waals surface area contributed by atoms with E-state index in [2.05, 4.69) is 210 Å². The molecule has 0 N–H and O–H groups in total. The van der Waals surface area contributed by atoms with E-state index in [0.717, 1.165) is 44.7 Å². The SMILES string of the molecule is c1ccc(-n2c3ccccc3c3cc(-c4ccc(N(c5ccc(-c6ccc7[se]c8ccccc8c7c6)cc5)c5cccc6oc7ccccc7c56)cc4)ccc32)cc1. The number of benzene rings is 9. The number of aromatic nitrogens is 1. The molecule has 272 valence electrons. The van der Waals surface area contributed by atoms with Crippen LogP contribution in [-0.4, -0.2) is 19.1 Å². The Morgan fingerprint density at radius 2 is 0.948 bits per heavy atom. The number of para-hydroxylation sites is 3. The summed E-state index contributed by atoms with van der Waals surface area (Å²) in [5, 5.41) is 7.46. The molecule has 0 bridgehead atoms. The predicted molar refractivity (Wildman–Crippen MR) is 246 cm³/mol. The van der Waals surface area contributed by atoms with Gasteiger partial charge in [-0.15, -0.1) is 0 Å². The van der Waals surface area contributed by atoms with Gasteiger partial charge in [-0.05, 0) is 53.6 Å². The predicted octanol–water partition coefficient (Wildman–Crippen LogP) is 14.9. The van der Waals surface area contributed by atoms with Crippen LogP contribution in [0.1, 0.15) is 0 Å². The first-order valence-electron chi connectivity index (χ1n) is 19.7. The standard InChI is InChI=1S/C54H34N2OSe/c1-2-11-39(12-3-1)56-47-16-7-4-13-42(47)45-33-37(25-31-48(45)56)35-21-27-40(28-22-35)55(49-17-10-19-51-54(49)44-15-5-8-18-50(44)57-51)41-29-23-36(24-30-41)38-26-32-53-46(34-38)43-14-6-9-20-52(43)58-53/h1-34H. The van der Waals surface area contributed by atoms with Crippen LogP contribution in [0.15, 0.2) is 211 Å². The average molecular weight is 806 g/mol. The van der Waals surface area contributed by atoms with Gasteiger partial charge in [-0.25, -0.2) is 0 Å². The van der Waals surface area contributed by atoms with Gasteiger partial charge < -0.3 is 8.98 Å². The fraction of sp³-hybridized carbons (Fsp3) is 0. The Hall–Kier alpha value is -7.10. The van der Waals surface area contributed by atoms with Gasteiger partial charge in [0.2, 0.25) is 0 Å². The van der Waals surface area contributed by atoms with Crippen molar-refractivity contribution in [2.75, 3.05) is 4.90 Å². The molecule has 0 saturated carbocycles. The Morgan fingerprint density at radius 1 is 0.379 bits per heavy atom. The summed E-state index contributed by atoms with van der Waals surface area (Å²) in [6.07, 6.45) is 0. The number of hydrogen-bond acceptors (Lipinski definition) is 2. The molecule has 0 amide bonds. The van der Waals surface area contributed by atoms with E-state index in [9.17, 15) is 0 Å². The van der Waals surface area contributed by atoms with Crippen LogP contribution >= 0.6 is 0 Å². The third-order valence-electron chi connectivity index (χ3n) is 11.6. The molecule has 3 heterocycles. The molecule has 0 saturated heterocycles. The minimum Gasteiger partial charge on any atom is -0.0602 e. The van der Waals surface area contributed by atoms with Crippen LogP contribution in [-0.2, 0) is 0 Å². The summed E-state index contributed by atoms with van der Waals surface area (Å²) >= 11 is 0.359. The number of fused-ring (bicyclic) bond motifs is 9. The van der Waals surface area contributed by atoms with Gasteiger partial charge in [-0.2, -0.15) is 0 Å². The van der Waals surface area contributed by atoms with Crippen molar-refractivity contribution < 1.29 is 4.42 Å². The topological polar surface area (TPSA) is 21.3 Å². The van der Waals surface area contributed by atoms with Crippen molar-refractivity contribution in [2.45, 2.75) is 0 Å². The molecule has 0 unspecified atom stereocenters. The molecule has 3 nitrogen and oxygen atoms in total. The maximum absolute atomic E-state index is 6.40. The number of hydrogen-bond donors (Lipinski definition) is 0. The smallest absolute Gasteiger partial charge is 0.0602 e. The molecule has 4 heteroatoms. The second-order valence-corrected chi connectivity index (χ2v) is 17.2. The Bertz CT molecular complexity index is 3500. The molecule has 0 spiro atoms. The van der Waals surface area contributed by atoms with Crippen molar-refractivity contribution in [3.8, 4) is 27.9 Å². The first-order chi connectivity index (χ1) is 28.7. The van der Waals surface area contributed by atoms with Gasteiger partial charge in [0.05, 0.1) is 11.0 Å². The summed E-state index contributed by atoms with van der Waals surface area (Å²) in [5.74, 6) is 0. The number of nitrogens with zero attached hydrogens (tertiary/aromatic N) is 2. The summed E-state index contributed by atoms with van der Waals surface area (Å²) in [4.78, 5) is 2.37. The molecule has 0 aliphatic rings. The van der Waals surface area contributed by atoms with Crippen molar-refractivity contribution in [1.82, 2.24) is 4.57 Å². The van der Waals surface area contributed by atoms with Crippen LogP contribution in [0.2, 0.25) is 0 Å². The second kappa shape index (κ2) is 13.2. The molecular formula is C54H34N2OSe. The zero-order valence-corrected chi connectivity index (χ0v) is 33.1. The first-order valence-corrected chi connectivity index (χ1v) is 21.4. The third-order valence-corrected chi connectivity index (χ3v) is 14.0. The van der Waals surface area contributed by atoms with Crippen LogP contribution in [0.5, 0.6) is 0 Å². The van der Waals surface area contributed by atoms with Crippen molar-refractivity contribution in [3.63, 3.8) is 0 Å². The van der Waals surface area contributed by atoms with Crippen LogP contribution in [0.4, 0.5) is 17.1 Å². The zero-order chi connectivity index (χ0) is 38.2. The number of anilines is 3. The maximum atomic E-state index is 6.40. The molecule has 0 fully saturated rings. The van der Waals surface area contributed by atoms with E-state index in [-0.39, 0.29) is 0 Å². The normalized spacial score (nSPS) is 11.8. The number of furan rings is 1. The van der Waals surface area contributed by atoms with Crippen LogP contribution in [0.25, 0.3) is 91.0 Å². The molecule has 0 aliphatic carbocycles. The molecular weight excluding hydrogens is 772 g/mol. The number of rotatable bonds is 6. The molecule has 0 aliphatic heterocycles. The van der Waals surface area contributed by atoms with Crippen molar-refractivity contribution in [3.05, 3.63) is 206 Å². The molecule has 9 aromatic carbocycles. The van der Waals surface area contributed by atoms with Gasteiger partial charge in [0.25, 0.3) is 0 Å². The van der Waals surface area contributed by atoms with Crippen LogP contribution in [0.3, 0.4) is 0 Å². The Kier molecular flexibility index (Phi) is 7.56. The average Bonchev–Trinajstić information content (AvgIpc) is 3.97. The molecule has 0 radical (unpaired) electrons. The summed E-state index contributed by atoms with van der Waals surface area (Å²) in [5.41, 5.74) is 13.4. The van der Waals surface area contributed by atoms with E-state index >= 15 is 0 Å². The van der Waals surface area contributed by atoms with E-state index in [1.54, 1.807) is 0 Å². The van der Waals surface area contributed by atoms with E-state index in [1.807, 2.05) is 6.07 Å². The summed E-state index contributed by atoms with van der Waals surface area (Å²) in [6.45, 7) is 0. The Balaban J connectivity index is 0.972. The Morgan fingerprint density at radius 3 is 1.72 bits per heavy atom. The second-order valence-electron chi connectivity index (χ2n) is 14.9.